The maximum atomic E-state index is 9.22. The lowest BCUT2D eigenvalue weighted by atomic mass is 10.0. The van der Waals surface area contributed by atoms with Gasteiger partial charge in [-0.1, -0.05) is 140 Å². The van der Waals surface area contributed by atoms with Gasteiger partial charge in [0.1, 0.15) is 0 Å². The molecule has 0 N–H and O–H groups in total. The lowest BCUT2D eigenvalue weighted by Gasteiger charge is -2.10. The zero-order chi connectivity index (χ0) is 41.3. The Kier molecular flexibility index (Phi) is 9.49. The summed E-state index contributed by atoms with van der Waals surface area (Å²) in [4.78, 5) is 29.6. The molecule has 0 aliphatic rings. The summed E-state index contributed by atoms with van der Waals surface area (Å²) < 4.78 is 0. The Morgan fingerprint density at radius 3 is 1.39 bits per heavy atom. The first-order valence-corrected chi connectivity index (χ1v) is 19.9. The van der Waals surface area contributed by atoms with E-state index in [0.717, 1.165) is 99.7 Å². The van der Waals surface area contributed by atoms with E-state index in [0.29, 0.717) is 17.1 Å². The normalized spacial score (nSPS) is 11.9. The molecule has 0 atom stereocenters. The molecule has 10 rings (SSSR count). The van der Waals surface area contributed by atoms with Gasteiger partial charge in [-0.05, 0) is 65.6 Å². The first kappa shape index (κ1) is 36.8. The third-order valence-corrected chi connectivity index (χ3v) is 11.0. The van der Waals surface area contributed by atoms with E-state index in [1.54, 1.807) is 0 Å². The van der Waals surface area contributed by atoms with E-state index >= 15 is 0 Å². The zero-order valence-corrected chi connectivity index (χ0v) is 33.2. The number of fused-ring (bicyclic) bond motifs is 6. The fourth-order valence-electron chi connectivity index (χ4n) is 7.60. The molecule has 7 nitrogen and oxygen atoms in total. The number of hydrogen-bond acceptors (Lipinski definition) is 6. The van der Waals surface area contributed by atoms with Crippen molar-refractivity contribution in [2.75, 3.05) is 0 Å². The van der Waals surface area contributed by atoms with Gasteiger partial charge in [-0.25, -0.2) is 20.0 Å². The Balaban J connectivity index is 0.985. The predicted octanol–water partition coefficient (Wildman–Crippen LogP) is 12.7. The molecule has 0 aliphatic heterocycles. The number of pyridine rings is 4. The second kappa shape index (κ2) is 15.7. The third-order valence-electron chi connectivity index (χ3n) is 11.0. The van der Waals surface area contributed by atoms with Crippen LogP contribution in [-0.2, 0) is 0 Å². The first-order valence-electron chi connectivity index (χ1n) is 19.9. The van der Waals surface area contributed by atoms with Crippen LogP contribution in [0.5, 0.6) is 0 Å². The number of nitriles is 1. The van der Waals surface area contributed by atoms with Crippen LogP contribution < -0.4 is 0 Å². The van der Waals surface area contributed by atoms with Crippen LogP contribution in [0.15, 0.2) is 199 Å². The second-order valence-electron chi connectivity index (χ2n) is 14.8. The number of amidine groups is 1. The molecule has 0 spiro atoms. The summed E-state index contributed by atoms with van der Waals surface area (Å²) in [6.07, 6.45) is 3.62. The quantitative estimate of drug-likeness (QED) is 0.0910. The number of nitrogens with zero attached hydrogens (tertiary/aromatic N) is 7. The molecule has 286 valence electrons. The standard InChI is InChI=1S/C54H35N7/c1-34(37-11-15-40(16-12-37)39-9-7-36(33-55)8-10-39)58-54(47-25-19-42(20-26-47)49-30-28-46-24-22-44-6-4-32-57-51(44)53(46)61-49)59-35(2)38-13-17-41(18-14-38)48-29-27-45-23-21-43-5-3-31-56-50(43)52(45)60-48/h3-32H,1H2,2H3. The van der Waals surface area contributed by atoms with Crippen LogP contribution in [0.3, 0.4) is 0 Å². The molecule has 4 heterocycles. The molecule has 0 unspecified atom stereocenters. The van der Waals surface area contributed by atoms with E-state index in [1.807, 2.05) is 98.2 Å². The van der Waals surface area contributed by atoms with E-state index in [1.165, 1.54) is 0 Å². The van der Waals surface area contributed by atoms with Crippen LogP contribution in [0.2, 0.25) is 0 Å². The Labute approximate surface area is 352 Å². The van der Waals surface area contributed by atoms with E-state index in [4.69, 9.17) is 20.0 Å². The largest absolute Gasteiger partial charge is 0.254 e. The molecule has 10 aromatic rings. The molecule has 0 bridgehead atoms. The topological polar surface area (TPSA) is 100 Å². The van der Waals surface area contributed by atoms with Gasteiger partial charge in [0.2, 0.25) is 0 Å². The van der Waals surface area contributed by atoms with Gasteiger partial charge in [0, 0.05) is 56.3 Å². The van der Waals surface area contributed by atoms with Crippen molar-refractivity contribution >= 4 is 60.9 Å². The monoisotopic (exact) mass is 781 g/mol. The van der Waals surface area contributed by atoms with Crippen molar-refractivity contribution in [1.82, 2.24) is 19.9 Å². The van der Waals surface area contributed by atoms with Crippen LogP contribution in [-0.4, -0.2) is 31.5 Å². The van der Waals surface area contributed by atoms with E-state index in [9.17, 15) is 5.26 Å². The fourth-order valence-corrected chi connectivity index (χ4v) is 7.60. The van der Waals surface area contributed by atoms with Crippen molar-refractivity contribution in [3.05, 3.63) is 211 Å². The minimum Gasteiger partial charge on any atom is -0.254 e. The minimum atomic E-state index is 0.534. The van der Waals surface area contributed by atoms with Crippen molar-refractivity contribution in [2.24, 2.45) is 9.98 Å². The van der Waals surface area contributed by atoms with Crippen LogP contribution in [0.25, 0.3) is 83.0 Å². The van der Waals surface area contributed by atoms with Gasteiger partial charge in [0.25, 0.3) is 0 Å². The molecular formula is C54H35N7. The molecule has 0 fully saturated rings. The minimum absolute atomic E-state index is 0.534. The average Bonchev–Trinajstić information content (AvgIpc) is 3.33. The van der Waals surface area contributed by atoms with Crippen molar-refractivity contribution in [2.45, 2.75) is 6.92 Å². The van der Waals surface area contributed by atoms with E-state index in [2.05, 4.69) is 114 Å². The Bertz CT molecular complexity index is 3420. The maximum Gasteiger partial charge on any atom is 0.160 e. The van der Waals surface area contributed by atoms with E-state index in [-0.39, 0.29) is 0 Å². The summed E-state index contributed by atoms with van der Waals surface area (Å²) in [5.41, 5.74) is 14.0. The number of aliphatic imine (C=N–C) groups is 2. The van der Waals surface area contributed by atoms with Gasteiger partial charge in [0.05, 0.1) is 50.8 Å². The van der Waals surface area contributed by atoms with Gasteiger partial charge in [-0.2, -0.15) is 5.26 Å². The zero-order valence-electron chi connectivity index (χ0n) is 33.2. The average molecular weight is 782 g/mol. The molecule has 4 aromatic heterocycles. The summed E-state index contributed by atoms with van der Waals surface area (Å²) in [5.74, 6) is 0.534. The molecule has 0 radical (unpaired) electrons. The molecule has 0 aliphatic carbocycles. The maximum absolute atomic E-state index is 9.22. The van der Waals surface area contributed by atoms with E-state index < -0.39 is 0 Å². The Morgan fingerprint density at radius 1 is 0.459 bits per heavy atom. The smallest absolute Gasteiger partial charge is 0.160 e. The van der Waals surface area contributed by atoms with Crippen molar-refractivity contribution in [3.8, 4) is 39.7 Å². The van der Waals surface area contributed by atoms with Crippen LogP contribution in [0.4, 0.5) is 0 Å². The lowest BCUT2D eigenvalue weighted by Crippen LogP contribution is -2.04. The van der Waals surface area contributed by atoms with Crippen LogP contribution >= 0.6 is 0 Å². The summed E-state index contributed by atoms with van der Waals surface area (Å²) in [7, 11) is 0. The number of benzene rings is 6. The highest BCUT2D eigenvalue weighted by atomic mass is 14.9. The molecule has 7 heteroatoms. The van der Waals surface area contributed by atoms with Crippen LogP contribution in [0.1, 0.15) is 29.2 Å². The van der Waals surface area contributed by atoms with Crippen molar-refractivity contribution < 1.29 is 0 Å². The highest BCUT2D eigenvalue weighted by molar-refractivity contribution is 6.13. The predicted molar refractivity (Wildman–Crippen MR) is 249 cm³/mol. The van der Waals surface area contributed by atoms with Gasteiger partial charge < -0.3 is 0 Å². The Morgan fingerprint density at radius 2 is 0.885 bits per heavy atom. The van der Waals surface area contributed by atoms with Gasteiger partial charge in [-0.15, -0.1) is 0 Å². The fraction of sp³-hybridized carbons (Fsp3) is 0.0185. The molecule has 61 heavy (non-hydrogen) atoms. The number of hydrogen-bond donors (Lipinski definition) is 0. The highest BCUT2D eigenvalue weighted by Gasteiger charge is 2.12. The SMILES string of the molecule is C=C(N=C(N=C(C)c1ccc(-c2ccc3ccc4cccnc4c3n2)cc1)c1ccc(-c2ccc3ccc4cccnc4c3n2)cc1)c1ccc(-c2ccc(C#N)cc2)cc1. The summed E-state index contributed by atoms with van der Waals surface area (Å²) in [6.45, 7) is 6.38. The summed E-state index contributed by atoms with van der Waals surface area (Å²) in [5, 5.41) is 13.4. The molecule has 0 amide bonds. The molecule has 0 saturated carbocycles. The summed E-state index contributed by atoms with van der Waals surface area (Å²) >= 11 is 0. The van der Waals surface area contributed by atoms with Gasteiger partial charge >= 0.3 is 0 Å². The highest BCUT2D eigenvalue weighted by Crippen LogP contribution is 2.29. The number of rotatable bonds is 7. The molecule has 0 saturated heterocycles. The molecular weight excluding hydrogens is 747 g/mol. The van der Waals surface area contributed by atoms with Crippen molar-refractivity contribution in [3.63, 3.8) is 0 Å². The summed E-state index contributed by atoms with van der Waals surface area (Å²) in [6, 6.07) is 59.0. The van der Waals surface area contributed by atoms with Crippen LogP contribution in [0, 0.1) is 11.3 Å². The van der Waals surface area contributed by atoms with Gasteiger partial charge in [-0.3, -0.25) is 9.97 Å². The molecule has 6 aromatic carbocycles. The lowest BCUT2D eigenvalue weighted by molar-refractivity contribution is 1.37. The second-order valence-corrected chi connectivity index (χ2v) is 14.8. The van der Waals surface area contributed by atoms with Crippen molar-refractivity contribution in [1.29, 1.82) is 5.26 Å². The third kappa shape index (κ3) is 7.31. The number of aromatic nitrogens is 4. The first-order chi connectivity index (χ1) is 30.0. The Hall–Kier alpha value is -8.47. The van der Waals surface area contributed by atoms with Gasteiger partial charge in [0.15, 0.2) is 5.84 Å².